The second-order valence-electron chi connectivity index (χ2n) is 10.00. The van der Waals surface area contributed by atoms with E-state index >= 15 is 0 Å². The second kappa shape index (κ2) is 11.7. The van der Waals surface area contributed by atoms with Crippen LogP contribution in [0.4, 0.5) is 10.2 Å². The normalized spacial score (nSPS) is 18.3. The fourth-order valence-electron chi connectivity index (χ4n) is 5.25. The minimum Gasteiger partial charge on any atom is -0.384 e. The van der Waals surface area contributed by atoms with Crippen molar-refractivity contribution in [2.45, 2.75) is 51.9 Å². The number of anilines is 1. The lowest BCUT2D eigenvalue weighted by Crippen LogP contribution is -2.51. The lowest BCUT2D eigenvalue weighted by atomic mass is 9.94. The largest absolute Gasteiger partial charge is 0.384 e. The summed E-state index contributed by atoms with van der Waals surface area (Å²) in [6.07, 6.45) is 1.34. The summed E-state index contributed by atoms with van der Waals surface area (Å²) in [6, 6.07) is 15.3. The Bertz CT molecular complexity index is 1310. The van der Waals surface area contributed by atoms with Crippen LogP contribution in [-0.2, 0) is 29.1 Å². The number of aromatic nitrogens is 1. The van der Waals surface area contributed by atoms with Gasteiger partial charge in [0.15, 0.2) is 0 Å². The zero-order valence-electron chi connectivity index (χ0n) is 21.8. The quantitative estimate of drug-likeness (QED) is 0.343. The summed E-state index contributed by atoms with van der Waals surface area (Å²) in [5, 5.41) is 2.95. The van der Waals surface area contributed by atoms with Gasteiger partial charge in [0.05, 0.1) is 12.1 Å². The van der Waals surface area contributed by atoms with E-state index in [4.69, 9.17) is 17.2 Å². The Labute approximate surface area is 222 Å². The lowest BCUT2D eigenvalue weighted by molar-refractivity contribution is -0.129. The van der Waals surface area contributed by atoms with Crippen molar-refractivity contribution in [3.63, 3.8) is 0 Å². The van der Waals surface area contributed by atoms with Crippen LogP contribution in [0.3, 0.4) is 0 Å². The van der Waals surface area contributed by atoms with Crippen LogP contribution in [-0.4, -0.2) is 40.3 Å². The van der Waals surface area contributed by atoms with Crippen LogP contribution in [0.25, 0.3) is 11.1 Å². The number of halogens is 1. The number of nitrogens with zero attached hydrogens (tertiary/aromatic N) is 2. The van der Waals surface area contributed by atoms with E-state index in [1.807, 2.05) is 42.2 Å². The van der Waals surface area contributed by atoms with E-state index in [1.54, 1.807) is 19.1 Å². The standard InChI is InChI=1S/C29H35FN6O2/c1-17-22(7-10-27(32)35-17)15-34-29(38)18(2)36-16-20(12-26(36)28(33)37)11-19-3-5-21(6-4-19)25-9-8-24(30)13-23(25)14-31/h3-10,13,18,20,26H,11-12,14-16,31H2,1-2H3,(H2,32,35)(H2,33,37)(H,34,38)/t18-,20?,26?/m0/s1. The summed E-state index contributed by atoms with van der Waals surface area (Å²) in [4.78, 5) is 31.4. The first-order valence-corrected chi connectivity index (χ1v) is 12.8. The highest BCUT2D eigenvalue weighted by atomic mass is 19.1. The smallest absolute Gasteiger partial charge is 0.237 e. The number of hydrogen-bond donors (Lipinski definition) is 4. The molecule has 9 heteroatoms. The molecule has 0 radical (unpaired) electrons. The molecule has 1 fully saturated rings. The fourth-order valence-corrected chi connectivity index (χ4v) is 5.25. The van der Waals surface area contributed by atoms with Crippen molar-refractivity contribution in [3.8, 4) is 11.1 Å². The van der Waals surface area contributed by atoms with Crippen LogP contribution in [0.5, 0.6) is 0 Å². The van der Waals surface area contributed by atoms with Crippen LogP contribution >= 0.6 is 0 Å². The van der Waals surface area contributed by atoms with E-state index in [2.05, 4.69) is 10.3 Å². The topological polar surface area (TPSA) is 140 Å². The summed E-state index contributed by atoms with van der Waals surface area (Å²) in [5.41, 5.74) is 22.6. The van der Waals surface area contributed by atoms with Gasteiger partial charge in [-0.25, -0.2) is 9.37 Å². The van der Waals surface area contributed by atoms with Crippen LogP contribution in [0.2, 0.25) is 0 Å². The minimum atomic E-state index is -0.518. The van der Waals surface area contributed by atoms with Crippen molar-refractivity contribution in [1.29, 1.82) is 0 Å². The number of aryl methyl sites for hydroxylation is 1. The molecule has 0 aliphatic carbocycles. The highest BCUT2D eigenvalue weighted by molar-refractivity contribution is 5.84. The second-order valence-corrected chi connectivity index (χ2v) is 10.00. The summed E-state index contributed by atoms with van der Waals surface area (Å²) in [6.45, 7) is 4.81. The highest BCUT2D eigenvalue weighted by Gasteiger charge is 2.40. The number of carbonyl (C=O) groups is 2. The maximum absolute atomic E-state index is 13.6. The third kappa shape index (κ3) is 6.17. The Hall–Kier alpha value is -3.82. The van der Waals surface area contributed by atoms with Gasteiger partial charge < -0.3 is 22.5 Å². The molecule has 2 unspecified atom stereocenters. The van der Waals surface area contributed by atoms with Gasteiger partial charge in [-0.2, -0.15) is 0 Å². The van der Waals surface area contributed by atoms with Crippen molar-refractivity contribution in [2.75, 3.05) is 12.3 Å². The van der Waals surface area contributed by atoms with Crippen LogP contribution < -0.4 is 22.5 Å². The lowest BCUT2D eigenvalue weighted by Gasteiger charge is -2.28. The van der Waals surface area contributed by atoms with E-state index in [9.17, 15) is 14.0 Å². The average Bonchev–Trinajstić information content (AvgIpc) is 3.32. The molecule has 1 aliphatic rings. The van der Waals surface area contributed by atoms with Gasteiger partial charge in [0.1, 0.15) is 11.6 Å². The maximum atomic E-state index is 13.6. The highest BCUT2D eigenvalue weighted by Crippen LogP contribution is 2.30. The molecular formula is C29H35FN6O2. The number of primary amides is 1. The third-order valence-corrected chi connectivity index (χ3v) is 7.38. The number of pyridine rings is 1. The van der Waals surface area contributed by atoms with Gasteiger partial charge in [-0.15, -0.1) is 0 Å². The molecule has 2 amide bonds. The van der Waals surface area contributed by atoms with E-state index in [0.717, 1.165) is 39.9 Å². The van der Waals surface area contributed by atoms with Gasteiger partial charge in [-0.05, 0) is 78.6 Å². The zero-order valence-corrected chi connectivity index (χ0v) is 21.8. The van der Waals surface area contributed by atoms with Crippen LogP contribution in [0, 0.1) is 18.7 Å². The number of nitrogens with two attached hydrogens (primary N) is 3. The summed E-state index contributed by atoms with van der Waals surface area (Å²) >= 11 is 0. The van der Waals surface area contributed by atoms with E-state index in [-0.39, 0.29) is 24.2 Å². The van der Waals surface area contributed by atoms with Gasteiger partial charge in [0.2, 0.25) is 11.8 Å². The monoisotopic (exact) mass is 518 g/mol. The predicted octanol–water partition coefficient (Wildman–Crippen LogP) is 2.66. The van der Waals surface area contributed by atoms with Gasteiger partial charge in [0, 0.05) is 25.3 Å². The van der Waals surface area contributed by atoms with Crippen molar-refractivity contribution in [2.24, 2.45) is 17.4 Å². The molecule has 2 aromatic carbocycles. The summed E-state index contributed by atoms with van der Waals surface area (Å²) < 4.78 is 13.6. The number of amides is 2. The SMILES string of the molecule is Cc1nc(N)ccc1CNC(=O)[C@H](C)N1CC(Cc2ccc(-c3ccc(F)cc3CN)cc2)CC1C(N)=O. The molecule has 0 saturated carbocycles. The first-order valence-electron chi connectivity index (χ1n) is 12.8. The maximum Gasteiger partial charge on any atom is 0.237 e. The Balaban J connectivity index is 1.40. The summed E-state index contributed by atoms with van der Waals surface area (Å²) in [5.74, 6) is -0.300. The Morgan fingerprint density at radius 1 is 1.13 bits per heavy atom. The molecular weight excluding hydrogens is 483 g/mol. The molecule has 200 valence electrons. The third-order valence-electron chi connectivity index (χ3n) is 7.38. The molecule has 1 saturated heterocycles. The van der Waals surface area contributed by atoms with Gasteiger partial charge in [-0.3, -0.25) is 14.5 Å². The van der Waals surface area contributed by atoms with Crippen molar-refractivity contribution in [1.82, 2.24) is 15.2 Å². The molecule has 2 heterocycles. The molecule has 4 rings (SSSR count). The van der Waals surface area contributed by atoms with Crippen molar-refractivity contribution < 1.29 is 14.0 Å². The number of benzene rings is 2. The van der Waals surface area contributed by atoms with E-state index < -0.39 is 18.0 Å². The number of nitrogen functional groups attached to an aromatic ring is 1. The molecule has 0 spiro atoms. The van der Waals surface area contributed by atoms with Gasteiger partial charge in [-0.1, -0.05) is 36.4 Å². The van der Waals surface area contributed by atoms with Crippen molar-refractivity contribution in [3.05, 3.63) is 82.8 Å². The minimum absolute atomic E-state index is 0.169. The average molecular weight is 519 g/mol. The molecule has 38 heavy (non-hydrogen) atoms. The fraction of sp³-hybridized carbons (Fsp3) is 0.345. The number of carbonyl (C=O) groups excluding carboxylic acids is 2. The predicted molar refractivity (Wildman–Crippen MR) is 146 cm³/mol. The number of rotatable bonds is 9. The molecule has 1 aliphatic heterocycles. The number of likely N-dealkylation sites (tertiary alicyclic amines) is 1. The van der Waals surface area contributed by atoms with Crippen LogP contribution in [0.15, 0.2) is 54.6 Å². The first kappa shape index (κ1) is 27.2. The van der Waals surface area contributed by atoms with E-state index in [0.29, 0.717) is 25.3 Å². The van der Waals surface area contributed by atoms with Gasteiger partial charge >= 0.3 is 0 Å². The summed E-state index contributed by atoms with van der Waals surface area (Å²) in [7, 11) is 0. The molecule has 3 atom stereocenters. The molecule has 1 aromatic heterocycles. The van der Waals surface area contributed by atoms with Crippen LogP contribution in [0.1, 0.15) is 35.7 Å². The zero-order chi connectivity index (χ0) is 27.4. The van der Waals surface area contributed by atoms with Crippen molar-refractivity contribution >= 4 is 17.6 Å². The first-order chi connectivity index (χ1) is 18.2. The number of nitrogens with one attached hydrogen (secondary N) is 1. The molecule has 3 aromatic rings. The molecule has 8 nitrogen and oxygen atoms in total. The Morgan fingerprint density at radius 2 is 1.87 bits per heavy atom. The molecule has 7 N–H and O–H groups in total. The Kier molecular flexibility index (Phi) is 8.38. The molecule has 0 bridgehead atoms. The van der Waals surface area contributed by atoms with Gasteiger partial charge in [0.25, 0.3) is 0 Å². The van der Waals surface area contributed by atoms with E-state index in [1.165, 1.54) is 12.1 Å². The Morgan fingerprint density at radius 3 is 2.53 bits per heavy atom. The number of hydrogen-bond acceptors (Lipinski definition) is 6.